The second-order valence-corrected chi connectivity index (χ2v) is 5.80. The molecule has 0 radical (unpaired) electrons. The molecule has 1 aliphatic rings. The second-order valence-electron chi connectivity index (χ2n) is 5.80. The standard InChI is InChI=1S/C19H21.3W/c1-16-11-13-17(14-12-16)8-4-5-9-18-10-6-7-15-19(18,2)3;;;/h5,9,11-14H,6-7,15H2,1-3H3;;;/q-1;;;/b9-5+;;;. The van der Waals surface area contributed by atoms with Crippen LogP contribution in [0.1, 0.15) is 44.2 Å². The Labute approximate surface area is 178 Å². The first-order valence-electron chi connectivity index (χ1n) is 6.94. The van der Waals surface area contributed by atoms with Gasteiger partial charge in [0.05, 0.1) is 0 Å². The van der Waals surface area contributed by atoms with Gasteiger partial charge in [-0.05, 0) is 30.9 Å². The molecule has 22 heavy (non-hydrogen) atoms. The minimum atomic E-state index is 0. The summed E-state index contributed by atoms with van der Waals surface area (Å²) in [6.45, 7) is 6.66. The van der Waals surface area contributed by atoms with E-state index in [2.05, 4.69) is 69.0 Å². The van der Waals surface area contributed by atoms with E-state index in [1.54, 1.807) is 0 Å². The van der Waals surface area contributed by atoms with Crippen LogP contribution in [0.3, 0.4) is 0 Å². The molecule has 0 amide bonds. The molecular formula is C19H21W3-. The van der Waals surface area contributed by atoms with Crippen molar-refractivity contribution in [1.82, 2.24) is 0 Å². The van der Waals surface area contributed by atoms with E-state index in [4.69, 9.17) is 0 Å². The first-order chi connectivity index (χ1) is 9.08. The largest absolute Gasteiger partial charge is 0.271 e. The van der Waals surface area contributed by atoms with Crippen molar-refractivity contribution >= 4 is 0 Å². The third kappa shape index (κ3) is 7.74. The van der Waals surface area contributed by atoms with Gasteiger partial charge in [-0.1, -0.05) is 55.9 Å². The van der Waals surface area contributed by atoms with E-state index in [9.17, 15) is 0 Å². The molecule has 1 aromatic carbocycles. The summed E-state index contributed by atoms with van der Waals surface area (Å²) < 4.78 is 0. The van der Waals surface area contributed by atoms with Gasteiger partial charge in [-0.25, -0.2) is 5.57 Å². The quantitative estimate of drug-likeness (QED) is 0.282. The summed E-state index contributed by atoms with van der Waals surface area (Å²) in [5.41, 5.74) is 3.89. The van der Waals surface area contributed by atoms with E-state index >= 15 is 0 Å². The molecule has 116 valence electrons. The maximum absolute atomic E-state index is 3.48. The number of hydrogen-bond donors (Lipinski definition) is 0. The van der Waals surface area contributed by atoms with Gasteiger partial charge >= 0.3 is 0 Å². The molecule has 0 aliphatic heterocycles. The summed E-state index contributed by atoms with van der Waals surface area (Å²) in [5, 5.41) is 0. The molecule has 0 bridgehead atoms. The van der Waals surface area contributed by atoms with Crippen LogP contribution in [-0.4, -0.2) is 0 Å². The molecule has 0 heterocycles. The Morgan fingerprint density at radius 1 is 1.09 bits per heavy atom. The van der Waals surface area contributed by atoms with Gasteiger partial charge in [0, 0.05) is 68.8 Å². The molecular weight excluding hydrogens is 780 g/mol. The van der Waals surface area contributed by atoms with Crippen LogP contribution in [0.2, 0.25) is 0 Å². The maximum atomic E-state index is 3.48. The van der Waals surface area contributed by atoms with Crippen molar-refractivity contribution in [2.75, 3.05) is 0 Å². The summed E-state index contributed by atoms with van der Waals surface area (Å²) in [7, 11) is 0. The minimum Gasteiger partial charge on any atom is -0.271 e. The molecule has 0 spiro atoms. The second kappa shape index (κ2) is 11.8. The number of benzene rings is 1. The molecule has 1 aromatic rings. The predicted octanol–water partition coefficient (Wildman–Crippen LogP) is 4.83. The number of hydrogen-bond acceptors (Lipinski definition) is 0. The van der Waals surface area contributed by atoms with E-state index in [0.29, 0.717) is 0 Å². The van der Waals surface area contributed by atoms with Crippen molar-refractivity contribution in [2.24, 2.45) is 5.41 Å². The zero-order chi connectivity index (χ0) is 13.7. The molecule has 2 rings (SSSR count). The Kier molecular flexibility index (Phi) is 13.2. The molecule has 3 heteroatoms. The van der Waals surface area contributed by atoms with Gasteiger partial charge in [0.25, 0.3) is 0 Å². The van der Waals surface area contributed by atoms with Gasteiger partial charge in [-0.15, -0.1) is 6.42 Å². The molecule has 1 aliphatic carbocycles. The Morgan fingerprint density at radius 2 is 1.73 bits per heavy atom. The van der Waals surface area contributed by atoms with Crippen LogP contribution in [-0.2, 0) is 63.2 Å². The van der Waals surface area contributed by atoms with Crippen molar-refractivity contribution in [3.8, 4) is 11.8 Å². The summed E-state index contributed by atoms with van der Waals surface area (Å²) in [6, 6.07) is 8.31. The van der Waals surface area contributed by atoms with Gasteiger partial charge < -0.3 is 0 Å². The predicted molar refractivity (Wildman–Crippen MR) is 81.6 cm³/mol. The molecule has 0 atom stereocenters. The smallest absolute Gasteiger partial charge is 0.0248 e. The fourth-order valence-electron chi connectivity index (χ4n) is 2.30. The fourth-order valence-corrected chi connectivity index (χ4v) is 2.30. The van der Waals surface area contributed by atoms with Crippen LogP contribution in [0.5, 0.6) is 0 Å². The van der Waals surface area contributed by atoms with Gasteiger partial charge in [0.15, 0.2) is 0 Å². The first-order valence-corrected chi connectivity index (χ1v) is 6.94. The Balaban J connectivity index is 0. The number of allylic oxidation sites excluding steroid dienone is 4. The molecule has 0 fully saturated rings. The third-order valence-electron chi connectivity index (χ3n) is 3.62. The van der Waals surface area contributed by atoms with Crippen LogP contribution < -0.4 is 0 Å². The Bertz CT molecular complexity index is 555. The van der Waals surface area contributed by atoms with E-state index in [-0.39, 0.29) is 68.6 Å². The fraction of sp³-hybridized carbons (Fsp3) is 0.368. The normalized spacial score (nSPS) is 15.3. The van der Waals surface area contributed by atoms with Gasteiger partial charge in [0.1, 0.15) is 0 Å². The average molecular weight is 801 g/mol. The molecule has 0 unspecified atom stereocenters. The van der Waals surface area contributed by atoms with Crippen LogP contribution >= 0.6 is 0 Å². The zero-order valence-electron chi connectivity index (χ0n) is 13.3. The van der Waals surface area contributed by atoms with Crippen LogP contribution in [0.4, 0.5) is 0 Å². The Morgan fingerprint density at radius 3 is 2.32 bits per heavy atom. The molecule has 0 nitrogen and oxygen atoms in total. The topological polar surface area (TPSA) is 0 Å². The number of rotatable bonds is 1. The van der Waals surface area contributed by atoms with Crippen LogP contribution in [0, 0.1) is 30.3 Å². The molecule has 0 saturated heterocycles. The summed E-state index contributed by atoms with van der Waals surface area (Å²) in [6.07, 6.45) is 11.1. The van der Waals surface area contributed by atoms with Crippen molar-refractivity contribution < 1.29 is 63.2 Å². The summed E-state index contributed by atoms with van der Waals surface area (Å²) in [4.78, 5) is 0. The molecule has 0 N–H and O–H groups in total. The van der Waals surface area contributed by atoms with Gasteiger partial charge in [-0.2, -0.15) is 6.08 Å². The summed E-state index contributed by atoms with van der Waals surface area (Å²) in [5.74, 6) is 6.28. The van der Waals surface area contributed by atoms with E-state index in [0.717, 1.165) is 12.0 Å². The molecule has 0 saturated carbocycles. The van der Waals surface area contributed by atoms with E-state index in [1.165, 1.54) is 24.0 Å². The first kappa shape index (κ1) is 24.6. The monoisotopic (exact) mass is 801 g/mol. The van der Waals surface area contributed by atoms with E-state index < -0.39 is 0 Å². The van der Waals surface area contributed by atoms with Crippen molar-refractivity contribution in [3.05, 3.63) is 59.2 Å². The van der Waals surface area contributed by atoms with E-state index in [1.807, 2.05) is 6.08 Å². The van der Waals surface area contributed by atoms with Gasteiger partial charge in [-0.3, -0.25) is 6.08 Å². The van der Waals surface area contributed by atoms with Crippen molar-refractivity contribution in [3.63, 3.8) is 0 Å². The van der Waals surface area contributed by atoms with Crippen molar-refractivity contribution in [2.45, 2.75) is 40.0 Å². The summed E-state index contributed by atoms with van der Waals surface area (Å²) >= 11 is 0. The number of aryl methyl sites for hydroxylation is 1. The maximum Gasteiger partial charge on any atom is 0.0248 e. The zero-order valence-corrected chi connectivity index (χ0v) is 22.1. The SMILES string of the molecule is Cc1ccc(C#C/C=C/C2=[C-]CCCC2(C)C)cc1.[W].[W].[W]. The third-order valence-corrected chi connectivity index (χ3v) is 3.62. The van der Waals surface area contributed by atoms with Crippen molar-refractivity contribution in [1.29, 1.82) is 0 Å². The van der Waals surface area contributed by atoms with Gasteiger partial charge in [0.2, 0.25) is 0 Å². The molecule has 0 aromatic heterocycles. The Hall–Kier alpha value is 0.325. The minimum absolute atomic E-state index is 0. The van der Waals surface area contributed by atoms with Crippen LogP contribution in [0.15, 0.2) is 42.0 Å². The van der Waals surface area contributed by atoms with Crippen LogP contribution in [0.25, 0.3) is 0 Å². The average Bonchev–Trinajstić information content (AvgIpc) is 2.38.